The predicted molar refractivity (Wildman–Crippen MR) is 80.6 cm³/mol. The molecule has 5 heteroatoms. The van der Waals surface area contributed by atoms with Crippen LogP contribution in [0.4, 0.5) is 0 Å². The summed E-state index contributed by atoms with van der Waals surface area (Å²) >= 11 is 0. The van der Waals surface area contributed by atoms with Gasteiger partial charge in [-0.15, -0.1) is 0 Å². The number of piperidine rings is 1. The van der Waals surface area contributed by atoms with E-state index in [4.69, 9.17) is 5.11 Å². The Morgan fingerprint density at radius 1 is 1.14 bits per heavy atom. The molecule has 114 valence electrons. The molecule has 0 saturated carbocycles. The maximum atomic E-state index is 12.1. The van der Waals surface area contributed by atoms with Crippen LogP contribution < -0.4 is 5.32 Å². The first-order valence-electron chi connectivity index (χ1n) is 7.43. The van der Waals surface area contributed by atoms with Gasteiger partial charge >= 0.3 is 5.97 Å². The molecule has 1 aliphatic rings. The normalized spacial score (nSPS) is 17.2. The molecule has 1 aromatic rings. The van der Waals surface area contributed by atoms with Crippen molar-refractivity contribution in [2.45, 2.75) is 32.2 Å². The number of amides is 1. The summed E-state index contributed by atoms with van der Waals surface area (Å²) < 4.78 is 0. The number of hydrogen-bond acceptors (Lipinski definition) is 3. The first-order valence-corrected chi connectivity index (χ1v) is 7.43. The van der Waals surface area contributed by atoms with E-state index in [1.54, 1.807) is 12.1 Å². The van der Waals surface area contributed by atoms with Crippen LogP contribution >= 0.6 is 0 Å². The molecule has 1 unspecified atom stereocenters. The first kappa shape index (κ1) is 15.5. The number of rotatable bonds is 5. The highest BCUT2D eigenvalue weighted by Crippen LogP contribution is 2.09. The number of aromatic carboxylic acids is 1. The van der Waals surface area contributed by atoms with Gasteiger partial charge in [0.2, 0.25) is 0 Å². The van der Waals surface area contributed by atoms with E-state index >= 15 is 0 Å². The molecule has 1 amide bonds. The number of benzene rings is 1. The van der Waals surface area contributed by atoms with Gasteiger partial charge in [-0.1, -0.05) is 6.42 Å². The van der Waals surface area contributed by atoms with Crippen LogP contribution in [0.2, 0.25) is 0 Å². The third-order valence-electron chi connectivity index (χ3n) is 3.75. The number of likely N-dealkylation sites (tertiary alicyclic amines) is 1. The number of carboxylic acids is 1. The minimum Gasteiger partial charge on any atom is -0.478 e. The number of hydrogen-bond donors (Lipinski definition) is 2. The fraction of sp³-hybridized carbons (Fsp3) is 0.500. The molecule has 2 rings (SSSR count). The van der Waals surface area contributed by atoms with Gasteiger partial charge in [0.15, 0.2) is 0 Å². The Bertz CT molecular complexity index is 493. The number of carboxylic acid groups (broad SMARTS) is 1. The highest BCUT2D eigenvalue weighted by atomic mass is 16.4. The average molecular weight is 290 g/mol. The second-order valence-corrected chi connectivity index (χ2v) is 5.62. The Labute approximate surface area is 125 Å². The number of carbonyl (C=O) groups is 2. The molecule has 0 aliphatic carbocycles. The van der Waals surface area contributed by atoms with Gasteiger partial charge in [-0.2, -0.15) is 0 Å². The molecular weight excluding hydrogens is 268 g/mol. The van der Waals surface area contributed by atoms with Crippen LogP contribution in [-0.4, -0.2) is 47.6 Å². The zero-order valence-electron chi connectivity index (χ0n) is 12.3. The zero-order valence-corrected chi connectivity index (χ0v) is 12.3. The standard InChI is InChI=1S/C16H22N2O3/c1-12(11-18-9-3-2-4-10-18)17-15(19)13-5-7-14(8-6-13)16(20)21/h5-8,12H,2-4,9-11H2,1H3,(H,17,19)(H,20,21). The molecule has 1 aliphatic heterocycles. The predicted octanol–water partition coefficient (Wildman–Crippen LogP) is 1.99. The Morgan fingerprint density at radius 3 is 2.29 bits per heavy atom. The minimum absolute atomic E-state index is 0.0785. The fourth-order valence-corrected chi connectivity index (χ4v) is 2.65. The fourth-order valence-electron chi connectivity index (χ4n) is 2.65. The van der Waals surface area contributed by atoms with Crippen LogP contribution in [0.1, 0.15) is 46.9 Å². The summed E-state index contributed by atoms with van der Waals surface area (Å²) in [5, 5.41) is 11.8. The maximum Gasteiger partial charge on any atom is 0.335 e. The summed E-state index contributed by atoms with van der Waals surface area (Å²) in [5.41, 5.74) is 0.679. The first-order chi connectivity index (χ1) is 10.1. The van der Waals surface area contributed by atoms with Crippen molar-refractivity contribution in [1.29, 1.82) is 0 Å². The SMILES string of the molecule is CC(CN1CCCCC1)NC(=O)c1ccc(C(=O)O)cc1. The van der Waals surface area contributed by atoms with Crippen molar-refractivity contribution in [3.63, 3.8) is 0 Å². The van der Waals surface area contributed by atoms with Crippen molar-refractivity contribution < 1.29 is 14.7 Å². The van der Waals surface area contributed by atoms with E-state index in [1.807, 2.05) is 6.92 Å². The van der Waals surface area contributed by atoms with Crippen LogP contribution in [-0.2, 0) is 0 Å². The third kappa shape index (κ3) is 4.56. The molecule has 1 saturated heterocycles. The van der Waals surface area contributed by atoms with Crippen LogP contribution in [0.3, 0.4) is 0 Å². The Kier molecular flexibility index (Phi) is 5.33. The Hall–Kier alpha value is -1.88. The summed E-state index contributed by atoms with van der Waals surface area (Å²) in [6.45, 7) is 5.07. The summed E-state index contributed by atoms with van der Waals surface area (Å²) in [7, 11) is 0. The van der Waals surface area contributed by atoms with Gasteiger partial charge in [0.1, 0.15) is 0 Å². The molecule has 1 fully saturated rings. The van der Waals surface area contributed by atoms with E-state index in [-0.39, 0.29) is 17.5 Å². The van der Waals surface area contributed by atoms with Gasteiger partial charge in [-0.3, -0.25) is 4.79 Å². The lowest BCUT2D eigenvalue weighted by Crippen LogP contribution is -2.43. The highest BCUT2D eigenvalue weighted by molar-refractivity contribution is 5.96. The molecule has 5 nitrogen and oxygen atoms in total. The largest absolute Gasteiger partial charge is 0.478 e. The molecule has 0 bridgehead atoms. The van der Waals surface area contributed by atoms with Crippen LogP contribution in [0.25, 0.3) is 0 Å². The third-order valence-corrected chi connectivity index (χ3v) is 3.75. The molecule has 0 aromatic heterocycles. The molecule has 2 N–H and O–H groups in total. The molecule has 21 heavy (non-hydrogen) atoms. The van der Waals surface area contributed by atoms with Crippen LogP contribution in [0.15, 0.2) is 24.3 Å². The minimum atomic E-state index is -0.986. The topological polar surface area (TPSA) is 69.6 Å². The van der Waals surface area contributed by atoms with Gasteiger partial charge in [-0.25, -0.2) is 4.79 Å². The van der Waals surface area contributed by atoms with Crippen molar-refractivity contribution in [1.82, 2.24) is 10.2 Å². The van der Waals surface area contributed by atoms with E-state index in [0.717, 1.165) is 19.6 Å². The van der Waals surface area contributed by atoms with Gasteiger partial charge in [-0.05, 0) is 57.1 Å². The molecule has 1 heterocycles. The van der Waals surface area contributed by atoms with Gasteiger partial charge in [0, 0.05) is 18.2 Å². The Morgan fingerprint density at radius 2 is 1.71 bits per heavy atom. The quantitative estimate of drug-likeness (QED) is 0.870. The van der Waals surface area contributed by atoms with Crippen LogP contribution in [0, 0.1) is 0 Å². The van der Waals surface area contributed by atoms with E-state index in [2.05, 4.69) is 10.2 Å². The lowest BCUT2D eigenvalue weighted by atomic mass is 10.1. The summed E-state index contributed by atoms with van der Waals surface area (Å²) in [6, 6.07) is 6.08. The summed E-state index contributed by atoms with van der Waals surface area (Å²) in [4.78, 5) is 25.3. The molecule has 1 atom stereocenters. The zero-order chi connectivity index (χ0) is 15.2. The number of nitrogens with zero attached hydrogens (tertiary/aromatic N) is 1. The van der Waals surface area contributed by atoms with Crippen molar-refractivity contribution in [3.8, 4) is 0 Å². The van der Waals surface area contributed by atoms with Crippen molar-refractivity contribution in [2.24, 2.45) is 0 Å². The van der Waals surface area contributed by atoms with Gasteiger partial charge in [0.25, 0.3) is 5.91 Å². The van der Waals surface area contributed by atoms with E-state index in [9.17, 15) is 9.59 Å². The van der Waals surface area contributed by atoms with Crippen molar-refractivity contribution in [2.75, 3.05) is 19.6 Å². The van der Waals surface area contributed by atoms with E-state index in [1.165, 1.54) is 31.4 Å². The summed E-state index contributed by atoms with van der Waals surface area (Å²) in [5.74, 6) is -1.14. The lowest BCUT2D eigenvalue weighted by Gasteiger charge is -2.29. The molecule has 1 aromatic carbocycles. The highest BCUT2D eigenvalue weighted by Gasteiger charge is 2.15. The number of carbonyl (C=O) groups excluding carboxylic acids is 1. The molecule has 0 spiro atoms. The van der Waals surface area contributed by atoms with E-state index in [0.29, 0.717) is 5.56 Å². The second kappa shape index (κ2) is 7.22. The lowest BCUT2D eigenvalue weighted by molar-refractivity contribution is 0.0696. The molecular formula is C16H22N2O3. The monoisotopic (exact) mass is 290 g/mol. The molecule has 0 radical (unpaired) electrons. The second-order valence-electron chi connectivity index (χ2n) is 5.62. The Balaban J connectivity index is 1.86. The summed E-state index contributed by atoms with van der Waals surface area (Å²) in [6.07, 6.45) is 3.77. The smallest absolute Gasteiger partial charge is 0.335 e. The van der Waals surface area contributed by atoms with Crippen LogP contribution in [0.5, 0.6) is 0 Å². The van der Waals surface area contributed by atoms with Crippen molar-refractivity contribution in [3.05, 3.63) is 35.4 Å². The van der Waals surface area contributed by atoms with Crippen molar-refractivity contribution >= 4 is 11.9 Å². The maximum absolute atomic E-state index is 12.1. The van der Waals surface area contributed by atoms with Gasteiger partial charge in [0.05, 0.1) is 5.56 Å². The number of nitrogens with one attached hydrogen (secondary N) is 1. The average Bonchev–Trinajstić information content (AvgIpc) is 2.48. The van der Waals surface area contributed by atoms with Gasteiger partial charge < -0.3 is 15.3 Å². The van der Waals surface area contributed by atoms with E-state index < -0.39 is 5.97 Å².